The van der Waals surface area contributed by atoms with Gasteiger partial charge in [-0.15, -0.1) is 0 Å². The lowest BCUT2D eigenvalue weighted by molar-refractivity contribution is -0.116. The van der Waals surface area contributed by atoms with E-state index in [9.17, 15) is 4.79 Å². The number of nitrogens with one attached hydrogen (secondary N) is 1. The summed E-state index contributed by atoms with van der Waals surface area (Å²) in [5.74, 6) is -0.506. The maximum absolute atomic E-state index is 10.4. The second-order valence-electron chi connectivity index (χ2n) is 2.11. The molecule has 0 spiro atoms. The predicted octanol–water partition coefficient (Wildman–Crippen LogP) is 0.565. The molecule has 3 N–H and O–H groups in total. The molecule has 0 aliphatic rings. The van der Waals surface area contributed by atoms with Crippen molar-refractivity contribution in [3.63, 3.8) is 0 Å². The molecule has 68 valence electrons. The molecule has 0 aliphatic carbocycles. The van der Waals surface area contributed by atoms with Crippen molar-refractivity contribution in [3.05, 3.63) is 10.7 Å². The van der Waals surface area contributed by atoms with Crippen LogP contribution in [0.4, 0.5) is 5.00 Å². The van der Waals surface area contributed by atoms with E-state index >= 15 is 0 Å². The number of primary amides is 1. The molecular formula is C6H5ClN4OS. The molecule has 0 bridgehead atoms. The molecule has 0 saturated carbocycles. The highest BCUT2D eigenvalue weighted by Crippen LogP contribution is 2.26. The molecule has 1 heterocycles. The second kappa shape index (κ2) is 4.07. The number of rotatable bonds is 3. The number of nitrogens with zero attached hydrogens (tertiary/aromatic N) is 2. The van der Waals surface area contributed by atoms with E-state index in [1.54, 1.807) is 0 Å². The minimum absolute atomic E-state index is 0.0345. The maximum atomic E-state index is 10.4. The van der Waals surface area contributed by atoms with E-state index < -0.39 is 5.91 Å². The van der Waals surface area contributed by atoms with Crippen molar-refractivity contribution in [3.8, 4) is 6.07 Å². The fourth-order valence-electron chi connectivity index (χ4n) is 0.656. The average Bonchev–Trinajstić information content (AvgIpc) is 2.42. The van der Waals surface area contributed by atoms with Gasteiger partial charge in [-0.1, -0.05) is 11.6 Å². The van der Waals surface area contributed by atoms with E-state index in [-0.39, 0.29) is 17.3 Å². The molecule has 1 rings (SSSR count). The molecular weight excluding hydrogens is 212 g/mol. The fourth-order valence-corrected chi connectivity index (χ4v) is 1.58. The number of anilines is 1. The van der Waals surface area contributed by atoms with Gasteiger partial charge in [-0.3, -0.25) is 4.79 Å². The normalized spacial score (nSPS) is 9.23. The molecule has 0 aliphatic heterocycles. The minimum Gasteiger partial charge on any atom is -0.368 e. The van der Waals surface area contributed by atoms with Gasteiger partial charge in [0, 0.05) is 0 Å². The van der Waals surface area contributed by atoms with Crippen LogP contribution in [0, 0.1) is 11.3 Å². The number of hydrogen-bond acceptors (Lipinski definition) is 5. The molecule has 7 heteroatoms. The van der Waals surface area contributed by atoms with Gasteiger partial charge in [-0.05, 0) is 11.5 Å². The highest BCUT2D eigenvalue weighted by Gasteiger charge is 2.11. The molecule has 0 aromatic carbocycles. The summed E-state index contributed by atoms with van der Waals surface area (Å²) in [4.78, 5) is 10.4. The summed E-state index contributed by atoms with van der Waals surface area (Å²) in [6.07, 6.45) is 0. The standard InChI is InChI=1S/C6H5ClN4OS/c7-5-3(1-8)6(13-11-5)10-2-4(9)12/h10H,2H2,(H2,9,12). The van der Waals surface area contributed by atoms with Crippen molar-refractivity contribution >= 4 is 34.0 Å². The Morgan fingerprint density at radius 2 is 2.54 bits per heavy atom. The Morgan fingerprint density at radius 1 is 1.85 bits per heavy atom. The highest BCUT2D eigenvalue weighted by molar-refractivity contribution is 7.10. The smallest absolute Gasteiger partial charge is 0.236 e. The number of carbonyl (C=O) groups is 1. The first-order valence-corrected chi connectivity index (χ1v) is 4.37. The number of hydrogen-bond donors (Lipinski definition) is 2. The molecule has 0 unspecified atom stereocenters. The molecule has 0 atom stereocenters. The molecule has 1 aromatic rings. The Morgan fingerprint density at radius 3 is 3.08 bits per heavy atom. The van der Waals surface area contributed by atoms with Crippen LogP contribution in [0.15, 0.2) is 0 Å². The molecule has 1 amide bonds. The predicted molar refractivity (Wildman–Crippen MR) is 49.5 cm³/mol. The molecule has 1 aromatic heterocycles. The third-order valence-corrected chi connectivity index (χ3v) is 2.36. The maximum Gasteiger partial charge on any atom is 0.236 e. The van der Waals surface area contributed by atoms with Gasteiger partial charge in [0.05, 0.1) is 6.54 Å². The SMILES string of the molecule is N#Cc1c(Cl)nsc1NCC(N)=O. The third-order valence-electron chi connectivity index (χ3n) is 1.19. The van der Waals surface area contributed by atoms with Gasteiger partial charge in [-0.25, -0.2) is 0 Å². The van der Waals surface area contributed by atoms with E-state index in [1.165, 1.54) is 0 Å². The number of aromatic nitrogens is 1. The summed E-state index contributed by atoms with van der Waals surface area (Å²) < 4.78 is 3.74. The summed E-state index contributed by atoms with van der Waals surface area (Å²) >= 11 is 6.60. The lowest BCUT2D eigenvalue weighted by Gasteiger charge is -1.98. The van der Waals surface area contributed by atoms with E-state index in [0.717, 1.165) is 11.5 Å². The topological polar surface area (TPSA) is 91.8 Å². The summed E-state index contributed by atoms with van der Waals surface area (Å²) in [6.45, 7) is -0.0345. The Labute approximate surface area is 83.3 Å². The summed E-state index contributed by atoms with van der Waals surface area (Å²) in [7, 11) is 0. The summed E-state index contributed by atoms with van der Waals surface area (Å²) in [6, 6.07) is 1.87. The second-order valence-corrected chi connectivity index (χ2v) is 3.24. The number of halogens is 1. The first-order chi connectivity index (χ1) is 6.15. The molecule has 13 heavy (non-hydrogen) atoms. The van der Waals surface area contributed by atoms with Crippen LogP contribution in [0.3, 0.4) is 0 Å². The van der Waals surface area contributed by atoms with E-state index in [0.29, 0.717) is 5.00 Å². The van der Waals surface area contributed by atoms with Gasteiger partial charge in [0.2, 0.25) is 5.91 Å². The lowest BCUT2D eigenvalue weighted by atomic mass is 10.4. The van der Waals surface area contributed by atoms with E-state index in [1.807, 2.05) is 6.07 Å². The van der Waals surface area contributed by atoms with Gasteiger partial charge < -0.3 is 11.1 Å². The first kappa shape index (κ1) is 9.77. The quantitative estimate of drug-likeness (QED) is 0.773. The van der Waals surface area contributed by atoms with Gasteiger partial charge >= 0.3 is 0 Å². The zero-order valence-electron chi connectivity index (χ0n) is 6.37. The van der Waals surface area contributed by atoms with Crippen LogP contribution in [0.25, 0.3) is 0 Å². The van der Waals surface area contributed by atoms with Crippen LogP contribution in [-0.4, -0.2) is 16.8 Å². The van der Waals surface area contributed by atoms with Crippen LogP contribution in [-0.2, 0) is 4.79 Å². The Kier molecular flexibility index (Phi) is 3.06. The van der Waals surface area contributed by atoms with Crippen molar-refractivity contribution in [1.82, 2.24) is 4.37 Å². The fraction of sp³-hybridized carbons (Fsp3) is 0.167. The molecule has 0 radical (unpaired) electrons. The number of nitrogens with two attached hydrogens (primary N) is 1. The number of carbonyl (C=O) groups excluding carboxylic acids is 1. The van der Waals surface area contributed by atoms with Crippen LogP contribution in [0.2, 0.25) is 5.15 Å². The van der Waals surface area contributed by atoms with E-state index in [4.69, 9.17) is 22.6 Å². The molecule has 0 fully saturated rings. The van der Waals surface area contributed by atoms with Gasteiger partial charge in [0.1, 0.15) is 16.6 Å². The monoisotopic (exact) mass is 216 g/mol. The summed E-state index contributed by atoms with van der Waals surface area (Å²) in [5, 5.41) is 11.9. The number of amides is 1. The van der Waals surface area contributed by atoms with Crippen LogP contribution >= 0.6 is 23.1 Å². The third kappa shape index (κ3) is 2.31. The first-order valence-electron chi connectivity index (χ1n) is 3.22. The Bertz CT molecular complexity index is 369. The van der Waals surface area contributed by atoms with Crippen molar-refractivity contribution in [2.75, 3.05) is 11.9 Å². The van der Waals surface area contributed by atoms with Gasteiger partial charge in [0.15, 0.2) is 5.15 Å². The van der Waals surface area contributed by atoms with Crippen molar-refractivity contribution in [2.45, 2.75) is 0 Å². The van der Waals surface area contributed by atoms with Crippen molar-refractivity contribution < 1.29 is 4.79 Å². The molecule has 5 nitrogen and oxygen atoms in total. The summed E-state index contributed by atoms with van der Waals surface area (Å²) in [5.41, 5.74) is 5.15. The number of nitriles is 1. The average molecular weight is 217 g/mol. The highest BCUT2D eigenvalue weighted by atomic mass is 35.5. The van der Waals surface area contributed by atoms with E-state index in [2.05, 4.69) is 9.69 Å². The zero-order chi connectivity index (χ0) is 9.84. The Balaban J connectivity index is 2.78. The van der Waals surface area contributed by atoms with Gasteiger partial charge in [-0.2, -0.15) is 9.64 Å². The lowest BCUT2D eigenvalue weighted by Crippen LogP contribution is -2.21. The Hall–Kier alpha value is -1.32. The van der Waals surface area contributed by atoms with Gasteiger partial charge in [0.25, 0.3) is 0 Å². The van der Waals surface area contributed by atoms with Crippen LogP contribution < -0.4 is 11.1 Å². The largest absolute Gasteiger partial charge is 0.368 e. The van der Waals surface area contributed by atoms with Crippen molar-refractivity contribution in [2.24, 2.45) is 5.73 Å². The van der Waals surface area contributed by atoms with Crippen LogP contribution in [0.5, 0.6) is 0 Å². The molecule has 0 saturated heterocycles. The zero-order valence-corrected chi connectivity index (χ0v) is 7.95. The minimum atomic E-state index is -0.506. The van der Waals surface area contributed by atoms with Crippen LogP contribution in [0.1, 0.15) is 5.56 Å². The van der Waals surface area contributed by atoms with Crippen molar-refractivity contribution in [1.29, 1.82) is 5.26 Å².